The third-order valence-corrected chi connectivity index (χ3v) is 3.84. The molecule has 2 rings (SSSR count). The number of hydrogen-bond acceptors (Lipinski definition) is 4. The lowest BCUT2D eigenvalue weighted by Gasteiger charge is -2.27. The first kappa shape index (κ1) is 15.5. The van der Waals surface area contributed by atoms with Gasteiger partial charge in [0.05, 0.1) is 12.0 Å². The van der Waals surface area contributed by atoms with Crippen molar-refractivity contribution in [3.05, 3.63) is 23.8 Å². The van der Waals surface area contributed by atoms with Gasteiger partial charge in [-0.1, -0.05) is 6.07 Å². The average Bonchev–Trinajstić information content (AvgIpc) is 2.38. The van der Waals surface area contributed by atoms with Crippen LogP contribution in [-0.4, -0.2) is 43.7 Å². The van der Waals surface area contributed by atoms with Crippen LogP contribution in [0.2, 0.25) is 0 Å². The molecule has 1 aromatic carbocycles. The maximum absolute atomic E-state index is 12.5. The van der Waals surface area contributed by atoms with Crippen LogP contribution in [0.1, 0.15) is 5.56 Å². The summed E-state index contributed by atoms with van der Waals surface area (Å²) in [6, 6.07) is 4.99. The van der Waals surface area contributed by atoms with Gasteiger partial charge < -0.3 is 10.1 Å². The third kappa shape index (κ3) is 4.57. The summed E-state index contributed by atoms with van der Waals surface area (Å²) in [5, 5.41) is 3.25. The fourth-order valence-electron chi connectivity index (χ4n) is 2.15. The zero-order chi connectivity index (χ0) is 14.6. The summed E-state index contributed by atoms with van der Waals surface area (Å²) >= 11 is -0.128. The first-order valence-electron chi connectivity index (χ1n) is 6.33. The molecule has 0 bridgehead atoms. The predicted molar refractivity (Wildman–Crippen MR) is 73.1 cm³/mol. The lowest BCUT2D eigenvalue weighted by atomic mass is 10.2. The van der Waals surface area contributed by atoms with Crippen LogP contribution in [0.4, 0.5) is 13.2 Å². The Bertz CT molecular complexity index is 448. The smallest absolute Gasteiger partial charge is 0.446 e. The number of alkyl halides is 3. The highest BCUT2D eigenvalue weighted by Gasteiger charge is 2.31. The Kier molecular flexibility index (Phi) is 5.17. The molecule has 1 aromatic rings. The van der Waals surface area contributed by atoms with Crippen molar-refractivity contribution in [3.63, 3.8) is 0 Å². The number of ether oxygens (including phenoxy) is 1. The topological polar surface area (TPSA) is 24.5 Å². The van der Waals surface area contributed by atoms with Gasteiger partial charge >= 0.3 is 5.51 Å². The lowest BCUT2D eigenvalue weighted by Crippen LogP contribution is -2.42. The number of thioether (sulfide) groups is 1. The Morgan fingerprint density at radius 1 is 1.30 bits per heavy atom. The second-order valence-electron chi connectivity index (χ2n) is 4.56. The van der Waals surface area contributed by atoms with Gasteiger partial charge in [0.2, 0.25) is 0 Å². The van der Waals surface area contributed by atoms with E-state index in [0.717, 1.165) is 31.7 Å². The monoisotopic (exact) mass is 306 g/mol. The van der Waals surface area contributed by atoms with Crippen LogP contribution in [0.15, 0.2) is 23.1 Å². The first-order valence-corrected chi connectivity index (χ1v) is 7.15. The molecule has 0 unspecified atom stereocenters. The van der Waals surface area contributed by atoms with E-state index in [1.165, 1.54) is 7.11 Å². The van der Waals surface area contributed by atoms with Gasteiger partial charge in [-0.3, -0.25) is 4.90 Å². The highest BCUT2D eigenvalue weighted by atomic mass is 32.2. The molecule has 1 aliphatic heterocycles. The second kappa shape index (κ2) is 6.69. The van der Waals surface area contributed by atoms with E-state index in [-0.39, 0.29) is 22.4 Å². The zero-order valence-electron chi connectivity index (χ0n) is 11.2. The van der Waals surface area contributed by atoms with Crippen LogP contribution < -0.4 is 10.1 Å². The van der Waals surface area contributed by atoms with Crippen LogP contribution in [0.5, 0.6) is 5.75 Å². The number of nitrogens with one attached hydrogen (secondary N) is 1. The fraction of sp³-hybridized carbons (Fsp3) is 0.538. The summed E-state index contributed by atoms with van der Waals surface area (Å²) in [7, 11) is 1.38. The van der Waals surface area contributed by atoms with Crippen LogP contribution in [-0.2, 0) is 6.54 Å². The number of rotatable bonds is 4. The van der Waals surface area contributed by atoms with E-state index in [2.05, 4.69) is 10.2 Å². The minimum atomic E-state index is -4.30. The molecule has 20 heavy (non-hydrogen) atoms. The summed E-state index contributed by atoms with van der Waals surface area (Å²) in [5.74, 6) is 0.261. The van der Waals surface area contributed by atoms with Crippen molar-refractivity contribution in [2.75, 3.05) is 33.3 Å². The summed E-state index contributed by atoms with van der Waals surface area (Å²) in [6.07, 6.45) is 0. The molecule has 7 heteroatoms. The largest absolute Gasteiger partial charge is 0.496 e. The molecule has 0 aliphatic carbocycles. The van der Waals surface area contributed by atoms with Crippen molar-refractivity contribution in [3.8, 4) is 5.75 Å². The van der Waals surface area contributed by atoms with Gasteiger partial charge in [0.15, 0.2) is 0 Å². The summed E-state index contributed by atoms with van der Waals surface area (Å²) in [6.45, 7) is 4.32. The van der Waals surface area contributed by atoms with Gasteiger partial charge in [0.1, 0.15) is 5.75 Å². The maximum Gasteiger partial charge on any atom is 0.446 e. The lowest BCUT2D eigenvalue weighted by molar-refractivity contribution is -0.0328. The molecule has 1 fully saturated rings. The standard InChI is InChI=1S/C13H17F3N2OS/c1-19-11-3-2-10(8-12(11)20-13(14,15)16)9-18-6-4-17-5-7-18/h2-3,8,17H,4-7,9H2,1H3. The number of halogens is 3. The van der Waals surface area contributed by atoms with Crippen molar-refractivity contribution in [1.82, 2.24) is 10.2 Å². The summed E-state index contributed by atoms with van der Waals surface area (Å²) in [5.41, 5.74) is -3.43. The Hall–Kier alpha value is -0.920. The molecule has 1 N–H and O–H groups in total. The van der Waals surface area contributed by atoms with Gasteiger partial charge in [0.25, 0.3) is 0 Å². The summed E-state index contributed by atoms with van der Waals surface area (Å²) < 4.78 is 42.6. The second-order valence-corrected chi connectivity index (χ2v) is 5.67. The van der Waals surface area contributed by atoms with Gasteiger partial charge in [-0.15, -0.1) is 0 Å². The van der Waals surface area contributed by atoms with Crippen molar-refractivity contribution >= 4 is 11.8 Å². The summed E-state index contributed by atoms with van der Waals surface area (Å²) in [4.78, 5) is 2.34. The molecule has 1 aliphatic rings. The Balaban J connectivity index is 2.11. The number of piperazine rings is 1. The number of benzene rings is 1. The van der Waals surface area contributed by atoms with Crippen molar-refractivity contribution < 1.29 is 17.9 Å². The Labute approximate surface area is 120 Å². The molecule has 0 spiro atoms. The van der Waals surface area contributed by atoms with E-state index in [9.17, 15) is 13.2 Å². The molecule has 0 aromatic heterocycles. The highest BCUT2D eigenvalue weighted by molar-refractivity contribution is 8.00. The third-order valence-electron chi connectivity index (χ3n) is 3.07. The van der Waals surface area contributed by atoms with E-state index < -0.39 is 5.51 Å². The van der Waals surface area contributed by atoms with Crippen LogP contribution in [0.3, 0.4) is 0 Å². The predicted octanol–water partition coefficient (Wildman–Crippen LogP) is 2.71. The molecule has 1 heterocycles. The van der Waals surface area contributed by atoms with Crippen molar-refractivity contribution in [2.45, 2.75) is 16.9 Å². The van der Waals surface area contributed by atoms with Crippen LogP contribution in [0, 0.1) is 0 Å². The zero-order valence-corrected chi connectivity index (χ0v) is 12.0. The van der Waals surface area contributed by atoms with Crippen molar-refractivity contribution in [1.29, 1.82) is 0 Å². The van der Waals surface area contributed by atoms with Crippen LogP contribution >= 0.6 is 11.8 Å². The molecule has 0 saturated carbocycles. The minimum absolute atomic E-state index is 0.118. The molecule has 1 saturated heterocycles. The van der Waals surface area contributed by atoms with Gasteiger partial charge in [-0.25, -0.2) is 0 Å². The van der Waals surface area contributed by atoms with E-state index >= 15 is 0 Å². The average molecular weight is 306 g/mol. The van der Waals surface area contributed by atoms with E-state index in [4.69, 9.17) is 4.74 Å². The Morgan fingerprint density at radius 3 is 2.60 bits per heavy atom. The van der Waals surface area contributed by atoms with Gasteiger partial charge in [0, 0.05) is 32.7 Å². The van der Waals surface area contributed by atoms with Gasteiger partial charge in [-0.2, -0.15) is 13.2 Å². The quantitative estimate of drug-likeness (QED) is 0.865. The molecule has 0 atom stereocenters. The highest BCUT2D eigenvalue weighted by Crippen LogP contribution is 2.41. The van der Waals surface area contributed by atoms with E-state index in [0.29, 0.717) is 6.54 Å². The first-order chi connectivity index (χ1) is 9.48. The molecular formula is C13H17F3N2OS. The molecular weight excluding hydrogens is 289 g/mol. The number of hydrogen-bond donors (Lipinski definition) is 1. The van der Waals surface area contributed by atoms with E-state index in [1.807, 2.05) is 6.07 Å². The normalized spacial score (nSPS) is 17.2. The SMILES string of the molecule is COc1ccc(CN2CCNCC2)cc1SC(F)(F)F. The molecule has 0 amide bonds. The van der Waals surface area contributed by atoms with E-state index in [1.54, 1.807) is 12.1 Å². The minimum Gasteiger partial charge on any atom is -0.496 e. The van der Waals surface area contributed by atoms with Crippen molar-refractivity contribution in [2.24, 2.45) is 0 Å². The van der Waals surface area contributed by atoms with Gasteiger partial charge in [-0.05, 0) is 29.5 Å². The fourth-order valence-corrected chi connectivity index (χ4v) is 2.86. The Morgan fingerprint density at radius 2 is 2.00 bits per heavy atom. The molecule has 0 radical (unpaired) electrons. The number of methoxy groups -OCH3 is 1. The van der Waals surface area contributed by atoms with Crippen LogP contribution in [0.25, 0.3) is 0 Å². The molecule has 3 nitrogen and oxygen atoms in total. The number of nitrogens with zero attached hydrogens (tertiary/aromatic N) is 1. The maximum atomic E-state index is 12.5. The molecule has 112 valence electrons.